The summed E-state index contributed by atoms with van der Waals surface area (Å²) in [6.45, 7) is 3.93. The average Bonchev–Trinajstić information content (AvgIpc) is 2.34. The number of rotatable bonds is 7. The van der Waals surface area contributed by atoms with Crippen LogP contribution in [0.3, 0.4) is 0 Å². The van der Waals surface area contributed by atoms with E-state index in [4.69, 9.17) is 16.7 Å². The molecule has 0 saturated heterocycles. The van der Waals surface area contributed by atoms with Gasteiger partial charge in [0.25, 0.3) is 0 Å². The van der Waals surface area contributed by atoms with E-state index in [2.05, 4.69) is 6.58 Å². The lowest BCUT2D eigenvalue weighted by atomic mass is 10.4. The molecule has 100 valence electrons. The molecule has 4 nitrogen and oxygen atoms in total. The van der Waals surface area contributed by atoms with Crippen LogP contribution >= 0.6 is 11.6 Å². The first-order valence-electron chi connectivity index (χ1n) is 5.50. The van der Waals surface area contributed by atoms with Crippen molar-refractivity contribution >= 4 is 21.6 Å². The molecular weight excluding hydrogens is 274 g/mol. The zero-order valence-corrected chi connectivity index (χ0v) is 11.5. The molecule has 0 bridgehead atoms. The van der Waals surface area contributed by atoms with Crippen molar-refractivity contribution in [3.63, 3.8) is 0 Å². The van der Waals surface area contributed by atoms with E-state index in [9.17, 15) is 8.42 Å². The highest BCUT2D eigenvalue weighted by atomic mass is 35.5. The first-order valence-corrected chi connectivity index (χ1v) is 7.31. The highest BCUT2D eigenvalue weighted by molar-refractivity contribution is 7.89. The summed E-state index contributed by atoms with van der Waals surface area (Å²) < 4.78 is 25.9. The zero-order valence-electron chi connectivity index (χ0n) is 9.92. The van der Waals surface area contributed by atoms with Crippen molar-refractivity contribution in [2.45, 2.75) is 11.3 Å². The fraction of sp³-hybridized carbons (Fsp3) is 0.333. The number of nitrogens with zero attached hydrogens (tertiary/aromatic N) is 1. The van der Waals surface area contributed by atoms with E-state index in [0.29, 0.717) is 11.4 Å². The molecule has 1 aromatic carbocycles. The van der Waals surface area contributed by atoms with Crippen LogP contribution in [0.2, 0.25) is 5.02 Å². The molecule has 0 aliphatic carbocycles. The van der Waals surface area contributed by atoms with Gasteiger partial charge in [-0.1, -0.05) is 23.7 Å². The Balaban J connectivity index is 3.04. The normalized spacial score (nSPS) is 11.7. The third-order valence-electron chi connectivity index (χ3n) is 2.33. The van der Waals surface area contributed by atoms with Gasteiger partial charge in [-0.25, -0.2) is 8.42 Å². The molecule has 0 unspecified atom stereocenters. The summed E-state index contributed by atoms with van der Waals surface area (Å²) in [5, 5.41) is 9.17. The SMILES string of the molecule is C=CCN(CCCO)S(=O)(=O)c1cccc(Cl)c1. The Hall–Kier alpha value is -0.880. The van der Waals surface area contributed by atoms with Crippen LogP contribution in [0.5, 0.6) is 0 Å². The summed E-state index contributed by atoms with van der Waals surface area (Å²) in [4.78, 5) is 0.148. The monoisotopic (exact) mass is 289 g/mol. The summed E-state index contributed by atoms with van der Waals surface area (Å²) >= 11 is 5.79. The third-order valence-corrected chi connectivity index (χ3v) is 4.43. The van der Waals surface area contributed by atoms with Crippen LogP contribution in [-0.4, -0.2) is 37.5 Å². The maximum atomic E-state index is 12.3. The molecule has 1 rings (SSSR count). The molecule has 0 aromatic heterocycles. The van der Waals surface area contributed by atoms with Gasteiger partial charge in [-0.15, -0.1) is 6.58 Å². The molecule has 0 heterocycles. The largest absolute Gasteiger partial charge is 0.396 e. The van der Waals surface area contributed by atoms with Crippen molar-refractivity contribution in [1.82, 2.24) is 4.31 Å². The Morgan fingerprint density at radius 3 is 2.72 bits per heavy atom. The predicted molar refractivity (Wildman–Crippen MR) is 72.1 cm³/mol. The standard InChI is InChI=1S/C12H16ClNO3S/c1-2-7-14(8-4-9-15)18(16,17)12-6-3-5-11(13)10-12/h2-3,5-6,10,15H,1,4,7-9H2. The summed E-state index contributed by atoms with van der Waals surface area (Å²) in [6.07, 6.45) is 1.90. The Morgan fingerprint density at radius 2 is 2.17 bits per heavy atom. The fourth-order valence-corrected chi connectivity index (χ4v) is 3.23. The van der Waals surface area contributed by atoms with Crippen LogP contribution in [0.1, 0.15) is 6.42 Å². The second-order valence-electron chi connectivity index (χ2n) is 3.69. The third kappa shape index (κ3) is 3.81. The van der Waals surface area contributed by atoms with Gasteiger partial charge in [0.1, 0.15) is 0 Å². The van der Waals surface area contributed by atoms with Crippen molar-refractivity contribution < 1.29 is 13.5 Å². The highest BCUT2D eigenvalue weighted by Gasteiger charge is 2.22. The quantitative estimate of drug-likeness (QED) is 0.780. The molecule has 1 N–H and O–H groups in total. The van der Waals surface area contributed by atoms with Crippen LogP contribution in [0.4, 0.5) is 0 Å². The van der Waals surface area contributed by atoms with Gasteiger partial charge in [0.15, 0.2) is 0 Å². The number of benzene rings is 1. The van der Waals surface area contributed by atoms with Gasteiger partial charge in [0, 0.05) is 24.7 Å². The summed E-state index contributed by atoms with van der Waals surface area (Å²) in [5.74, 6) is 0. The maximum Gasteiger partial charge on any atom is 0.243 e. The number of aliphatic hydroxyl groups is 1. The van der Waals surface area contributed by atoms with Crippen molar-refractivity contribution in [1.29, 1.82) is 0 Å². The summed E-state index contributed by atoms with van der Waals surface area (Å²) in [7, 11) is -3.59. The molecule has 0 aliphatic rings. The zero-order chi connectivity index (χ0) is 13.6. The van der Waals surface area contributed by atoms with E-state index in [0.717, 1.165) is 0 Å². The van der Waals surface area contributed by atoms with Gasteiger partial charge in [-0.05, 0) is 24.6 Å². The van der Waals surface area contributed by atoms with Crippen molar-refractivity contribution in [3.05, 3.63) is 41.9 Å². The maximum absolute atomic E-state index is 12.3. The molecule has 18 heavy (non-hydrogen) atoms. The molecule has 0 aliphatic heterocycles. The van der Waals surface area contributed by atoms with E-state index in [1.165, 1.54) is 22.5 Å². The number of aliphatic hydroxyl groups excluding tert-OH is 1. The first kappa shape index (κ1) is 15.2. The number of hydrogen-bond donors (Lipinski definition) is 1. The summed E-state index contributed by atoms with van der Waals surface area (Å²) in [5.41, 5.74) is 0. The van der Waals surface area contributed by atoms with E-state index >= 15 is 0 Å². The second-order valence-corrected chi connectivity index (χ2v) is 6.06. The molecular formula is C12H16ClNO3S. The fourth-order valence-electron chi connectivity index (χ4n) is 1.48. The highest BCUT2D eigenvalue weighted by Crippen LogP contribution is 2.19. The van der Waals surface area contributed by atoms with Gasteiger partial charge < -0.3 is 5.11 Å². The van der Waals surface area contributed by atoms with Crippen LogP contribution in [0.25, 0.3) is 0 Å². The Labute approximate surface area is 113 Å². The Morgan fingerprint density at radius 1 is 1.44 bits per heavy atom. The minimum atomic E-state index is -3.59. The second kappa shape index (κ2) is 6.89. The van der Waals surface area contributed by atoms with Gasteiger partial charge >= 0.3 is 0 Å². The molecule has 1 aromatic rings. The van der Waals surface area contributed by atoms with Gasteiger partial charge in [0.2, 0.25) is 10.0 Å². The molecule has 0 radical (unpaired) electrons. The number of hydrogen-bond acceptors (Lipinski definition) is 3. The van der Waals surface area contributed by atoms with Crippen molar-refractivity contribution in [3.8, 4) is 0 Å². The molecule has 0 spiro atoms. The van der Waals surface area contributed by atoms with Gasteiger partial charge in [-0.2, -0.15) is 4.31 Å². The van der Waals surface area contributed by atoms with E-state index < -0.39 is 10.0 Å². The minimum Gasteiger partial charge on any atom is -0.396 e. The van der Waals surface area contributed by atoms with Gasteiger partial charge in [0.05, 0.1) is 4.90 Å². The summed E-state index contributed by atoms with van der Waals surface area (Å²) in [6, 6.07) is 6.11. The van der Waals surface area contributed by atoms with Crippen molar-refractivity contribution in [2.24, 2.45) is 0 Å². The van der Waals surface area contributed by atoms with E-state index in [-0.39, 0.29) is 24.6 Å². The molecule has 6 heteroatoms. The van der Waals surface area contributed by atoms with Crippen LogP contribution in [-0.2, 0) is 10.0 Å². The topological polar surface area (TPSA) is 57.6 Å². The number of halogens is 1. The first-order chi connectivity index (χ1) is 8.52. The van der Waals surface area contributed by atoms with Crippen LogP contribution in [0.15, 0.2) is 41.8 Å². The van der Waals surface area contributed by atoms with E-state index in [1.54, 1.807) is 12.1 Å². The van der Waals surface area contributed by atoms with Gasteiger partial charge in [-0.3, -0.25) is 0 Å². The Kier molecular flexibility index (Phi) is 5.81. The van der Waals surface area contributed by atoms with Crippen LogP contribution in [0, 0.1) is 0 Å². The molecule has 0 fully saturated rings. The molecule has 0 amide bonds. The molecule has 0 atom stereocenters. The number of sulfonamides is 1. The smallest absolute Gasteiger partial charge is 0.243 e. The lowest BCUT2D eigenvalue weighted by Gasteiger charge is -2.20. The minimum absolute atomic E-state index is 0.0568. The molecule has 0 saturated carbocycles. The van der Waals surface area contributed by atoms with Crippen LogP contribution < -0.4 is 0 Å². The lowest BCUT2D eigenvalue weighted by Crippen LogP contribution is -2.32. The Bertz CT molecular complexity index is 502. The average molecular weight is 290 g/mol. The van der Waals surface area contributed by atoms with E-state index in [1.807, 2.05) is 0 Å². The predicted octanol–water partition coefficient (Wildman–Crippen LogP) is 1.90. The van der Waals surface area contributed by atoms with Crippen molar-refractivity contribution in [2.75, 3.05) is 19.7 Å². The lowest BCUT2D eigenvalue weighted by molar-refractivity contribution is 0.272.